The molecule has 0 saturated carbocycles. The third-order valence-electron chi connectivity index (χ3n) is 3.87. The highest BCUT2D eigenvalue weighted by atomic mass is 31.2. The fourth-order valence-corrected chi connectivity index (χ4v) is 3.12. The Labute approximate surface area is 143 Å². The summed E-state index contributed by atoms with van der Waals surface area (Å²) >= 11 is 0. The molecule has 0 aromatic heterocycles. The van der Waals surface area contributed by atoms with Crippen LogP contribution in [0.4, 0.5) is 0 Å². The number of hydrogen-bond donors (Lipinski definition) is 0. The number of para-hydroxylation sites is 1. The van der Waals surface area contributed by atoms with E-state index < -0.39 is 8.60 Å². The van der Waals surface area contributed by atoms with E-state index in [1.54, 1.807) is 12.1 Å². The summed E-state index contributed by atoms with van der Waals surface area (Å²) in [4.78, 5) is 11.6. The maximum absolute atomic E-state index is 11.6. The minimum atomic E-state index is -2.04. The zero-order valence-electron chi connectivity index (χ0n) is 14.5. The summed E-state index contributed by atoms with van der Waals surface area (Å²) in [7, 11) is -2.04. The molecule has 3 nitrogen and oxygen atoms in total. The summed E-state index contributed by atoms with van der Waals surface area (Å²) in [5, 5.41) is 0. The fraction of sp³-hybridized carbons (Fsp3) is 0.684. The second-order valence-electron chi connectivity index (χ2n) is 6.00. The lowest BCUT2D eigenvalue weighted by molar-refractivity contribution is -0.196. The molecule has 0 saturated heterocycles. The Morgan fingerprint density at radius 1 is 0.783 bits per heavy atom. The molecule has 1 aromatic rings. The standard InChI is InChI=1S/C19H32O3P/c1-2-3-4-5-6-7-8-9-10-11-15-18-21-23(20)22-19-16-13-12-14-17-19/h12-14,16-17H,2-11,15,18H2,1H3/q-1. The molecule has 0 aliphatic rings. The molecule has 1 aromatic carbocycles. The van der Waals surface area contributed by atoms with Crippen molar-refractivity contribution in [2.75, 3.05) is 6.61 Å². The van der Waals surface area contributed by atoms with Crippen LogP contribution in [0.3, 0.4) is 0 Å². The number of rotatable bonds is 15. The Hall–Kier alpha value is -0.630. The van der Waals surface area contributed by atoms with Crippen LogP contribution in [-0.4, -0.2) is 6.61 Å². The number of unbranched alkanes of at least 4 members (excludes halogenated alkanes) is 10. The van der Waals surface area contributed by atoms with E-state index in [0.717, 1.165) is 12.8 Å². The van der Waals surface area contributed by atoms with Crippen LogP contribution in [0.2, 0.25) is 0 Å². The molecule has 0 aliphatic heterocycles. The van der Waals surface area contributed by atoms with Crippen molar-refractivity contribution in [1.29, 1.82) is 0 Å². The second kappa shape index (κ2) is 14.9. The second-order valence-corrected chi connectivity index (χ2v) is 6.88. The molecule has 0 amide bonds. The van der Waals surface area contributed by atoms with Crippen molar-refractivity contribution in [2.24, 2.45) is 0 Å². The highest BCUT2D eigenvalue weighted by Gasteiger charge is 1.98. The molecule has 0 bridgehead atoms. The van der Waals surface area contributed by atoms with Crippen LogP contribution < -0.4 is 9.42 Å². The lowest BCUT2D eigenvalue weighted by Crippen LogP contribution is -2.06. The SMILES string of the molecule is CCCCCCCCCCCCCOP([O-])Oc1ccccc1. The Kier molecular flexibility index (Phi) is 13.3. The minimum absolute atomic E-state index is 0.513. The van der Waals surface area contributed by atoms with E-state index in [-0.39, 0.29) is 0 Å². The van der Waals surface area contributed by atoms with Gasteiger partial charge in [0.2, 0.25) is 0 Å². The van der Waals surface area contributed by atoms with Gasteiger partial charge in [-0.05, 0) is 18.6 Å². The maximum Gasteiger partial charge on any atom is 0.147 e. The number of hydrogen-bond acceptors (Lipinski definition) is 3. The van der Waals surface area contributed by atoms with Crippen molar-refractivity contribution in [1.82, 2.24) is 0 Å². The van der Waals surface area contributed by atoms with Crippen molar-refractivity contribution in [2.45, 2.75) is 77.6 Å². The van der Waals surface area contributed by atoms with Gasteiger partial charge in [-0.25, -0.2) is 0 Å². The van der Waals surface area contributed by atoms with E-state index in [1.807, 2.05) is 18.2 Å². The average molecular weight is 339 g/mol. The highest BCUT2D eigenvalue weighted by molar-refractivity contribution is 7.39. The van der Waals surface area contributed by atoms with Crippen molar-refractivity contribution in [3.63, 3.8) is 0 Å². The first kappa shape index (κ1) is 20.4. The predicted octanol–water partition coefficient (Wildman–Crippen LogP) is 5.98. The van der Waals surface area contributed by atoms with Crippen LogP contribution in [0.25, 0.3) is 0 Å². The first-order chi connectivity index (χ1) is 11.3. The molecule has 4 heteroatoms. The molecule has 0 aliphatic carbocycles. The summed E-state index contributed by atoms with van der Waals surface area (Å²) in [6.45, 7) is 2.77. The van der Waals surface area contributed by atoms with Crippen molar-refractivity contribution in [3.8, 4) is 5.75 Å². The average Bonchev–Trinajstić information content (AvgIpc) is 2.57. The first-order valence-electron chi connectivity index (χ1n) is 9.16. The van der Waals surface area contributed by atoms with Crippen LogP contribution in [0, 0.1) is 0 Å². The molecular formula is C19H32O3P-. The highest BCUT2D eigenvalue weighted by Crippen LogP contribution is 2.30. The lowest BCUT2D eigenvalue weighted by Gasteiger charge is -2.22. The zero-order chi connectivity index (χ0) is 16.6. The summed E-state index contributed by atoms with van der Waals surface area (Å²) in [5.74, 6) is 0.590. The monoisotopic (exact) mass is 339 g/mol. The van der Waals surface area contributed by atoms with E-state index in [4.69, 9.17) is 9.05 Å². The summed E-state index contributed by atoms with van der Waals surface area (Å²) in [6.07, 6.45) is 14.3. The minimum Gasteiger partial charge on any atom is -0.776 e. The van der Waals surface area contributed by atoms with Gasteiger partial charge in [0.25, 0.3) is 0 Å². The van der Waals surface area contributed by atoms with Gasteiger partial charge in [-0.15, -0.1) is 0 Å². The Bertz CT molecular complexity index is 359. The molecule has 23 heavy (non-hydrogen) atoms. The first-order valence-corrected chi connectivity index (χ1v) is 10.3. The van der Waals surface area contributed by atoms with Crippen molar-refractivity contribution < 1.29 is 13.9 Å². The summed E-state index contributed by atoms with van der Waals surface area (Å²) < 4.78 is 10.4. The topological polar surface area (TPSA) is 41.5 Å². The number of benzene rings is 1. The Morgan fingerprint density at radius 2 is 1.30 bits per heavy atom. The van der Waals surface area contributed by atoms with Gasteiger partial charge >= 0.3 is 0 Å². The van der Waals surface area contributed by atoms with Crippen LogP contribution >= 0.6 is 8.60 Å². The van der Waals surface area contributed by atoms with Gasteiger partial charge in [0.15, 0.2) is 0 Å². The molecule has 0 fully saturated rings. The molecule has 1 atom stereocenters. The van der Waals surface area contributed by atoms with Crippen LogP contribution in [0.1, 0.15) is 77.6 Å². The van der Waals surface area contributed by atoms with E-state index >= 15 is 0 Å². The molecule has 0 heterocycles. The van der Waals surface area contributed by atoms with Gasteiger partial charge in [-0.2, -0.15) is 0 Å². The Balaban J connectivity index is 1.82. The Morgan fingerprint density at radius 3 is 1.87 bits per heavy atom. The predicted molar refractivity (Wildman–Crippen MR) is 96.4 cm³/mol. The van der Waals surface area contributed by atoms with E-state index in [1.165, 1.54) is 57.8 Å². The summed E-state index contributed by atoms with van der Waals surface area (Å²) in [6, 6.07) is 9.15. The molecule has 1 unspecified atom stereocenters. The fourth-order valence-electron chi connectivity index (χ4n) is 2.50. The largest absolute Gasteiger partial charge is 0.776 e. The van der Waals surface area contributed by atoms with Gasteiger partial charge in [-0.1, -0.05) is 89.3 Å². The van der Waals surface area contributed by atoms with Crippen LogP contribution in [0.15, 0.2) is 30.3 Å². The third-order valence-corrected chi connectivity index (χ3v) is 4.62. The smallest absolute Gasteiger partial charge is 0.147 e. The maximum atomic E-state index is 11.6. The normalized spacial score (nSPS) is 12.3. The van der Waals surface area contributed by atoms with E-state index in [2.05, 4.69) is 6.92 Å². The molecule has 132 valence electrons. The van der Waals surface area contributed by atoms with E-state index in [9.17, 15) is 4.89 Å². The van der Waals surface area contributed by atoms with Crippen LogP contribution in [-0.2, 0) is 4.52 Å². The molecule has 0 spiro atoms. The van der Waals surface area contributed by atoms with Crippen LogP contribution in [0.5, 0.6) is 5.75 Å². The molecule has 0 radical (unpaired) electrons. The van der Waals surface area contributed by atoms with Gasteiger partial charge in [0.05, 0.1) is 6.61 Å². The molecule has 1 rings (SSSR count). The van der Waals surface area contributed by atoms with Gasteiger partial charge in [-0.3, -0.25) is 0 Å². The summed E-state index contributed by atoms with van der Waals surface area (Å²) in [5.41, 5.74) is 0. The zero-order valence-corrected chi connectivity index (χ0v) is 15.4. The third kappa shape index (κ3) is 12.5. The molecular weight excluding hydrogens is 307 g/mol. The van der Waals surface area contributed by atoms with Gasteiger partial charge in [0, 0.05) is 0 Å². The van der Waals surface area contributed by atoms with Crippen molar-refractivity contribution in [3.05, 3.63) is 30.3 Å². The van der Waals surface area contributed by atoms with Gasteiger partial charge < -0.3 is 13.9 Å². The lowest BCUT2D eigenvalue weighted by atomic mass is 10.1. The molecule has 0 N–H and O–H groups in total. The van der Waals surface area contributed by atoms with Gasteiger partial charge in [0.1, 0.15) is 14.4 Å². The van der Waals surface area contributed by atoms with E-state index in [0.29, 0.717) is 12.4 Å². The van der Waals surface area contributed by atoms with Crippen molar-refractivity contribution >= 4 is 8.60 Å². The quantitative estimate of drug-likeness (QED) is 0.291.